The maximum atomic E-state index is 11.8. The van der Waals surface area contributed by atoms with E-state index in [4.69, 9.17) is 8.97 Å². The zero-order valence-corrected chi connectivity index (χ0v) is 12.1. The number of nitro benzene ring substituents is 1. The molecular formula is C12H9N3O7S. The molecule has 0 bridgehead atoms. The summed E-state index contributed by atoms with van der Waals surface area (Å²) in [5.41, 5.74) is 1.88. The van der Waals surface area contributed by atoms with E-state index in [1.54, 1.807) is 0 Å². The second kappa shape index (κ2) is 6.37. The van der Waals surface area contributed by atoms with Gasteiger partial charge >= 0.3 is 10.1 Å². The fraction of sp³-hybridized carbons (Fsp3) is 0. The minimum atomic E-state index is -4.46. The maximum Gasteiger partial charge on any atom is 0.328 e. The molecule has 1 aromatic heterocycles. The predicted octanol–water partition coefficient (Wildman–Crippen LogP) is 1.20. The van der Waals surface area contributed by atoms with Crippen molar-refractivity contribution in [2.24, 2.45) is 5.10 Å². The molecule has 23 heavy (non-hydrogen) atoms. The van der Waals surface area contributed by atoms with Gasteiger partial charge in [0.25, 0.3) is 11.6 Å². The molecule has 10 nitrogen and oxygen atoms in total. The van der Waals surface area contributed by atoms with Crippen molar-refractivity contribution in [1.82, 2.24) is 5.43 Å². The van der Waals surface area contributed by atoms with Gasteiger partial charge in [0.1, 0.15) is 5.76 Å². The lowest BCUT2D eigenvalue weighted by Crippen LogP contribution is -2.17. The average molecular weight is 339 g/mol. The molecule has 0 saturated heterocycles. The lowest BCUT2D eigenvalue weighted by molar-refractivity contribution is -0.384. The van der Waals surface area contributed by atoms with Gasteiger partial charge in [0, 0.05) is 17.7 Å². The van der Waals surface area contributed by atoms with E-state index in [9.17, 15) is 23.3 Å². The summed E-state index contributed by atoms with van der Waals surface area (Å²) in [7, 11) is -4.46. The van der Waals surface area contributed by atoms with Gasteiger partial charge in [-0.1, -0.05) is 6.07 Å². The largest absolute Gasteiger partial charge is 0.441 e. The lowest BCUT2D eigenvalue weighted by atomic mass is 10.2. The number of nitro groups is 1. The number of amides is 1. The Labute approximate surface area is 129 Å². The summed E-state index contributed by atoms with van der Waals surface area (Å²) in [6.07, 6.45) is 1.00. The van der Waals surface area contributed by atoms with Crippen molar-refractivity contribution in [2.45, 2.75) is 5.09 Å². The van der Waals surface area contributed by atoms with E-state index in [0.29, 0.717) is 0 Å². The molecule has 1 amide bonds. The highest BCUT2D eigenvalue weighted by molar-refractivity contribution is 7.85. The predicted molar refractivity (Wildman–Crippen MR) is 76.7 cm³/mol. The van der Waals surface area contributed by atoms with Gasteiger partial charge in [0.05, 0.1) is 11.1 Å². The molecule has 1 aromatic carbocycles. The first-order chi connectivity index (χ1) is 10.8. The van der Waals surface area contributed by atoms with Gasteiger partial charge in [-0.05, 0) is 18.2 Å². The summed E-state index contributed by atoms with van der Waals surface area (Å²) < 4.78 is 35.1. The quantitative estimate of drug-likeness (QED) is 0.359. The summed E-state index contributed by atoms with van der Waals surface area (Å²) in [6.45, 7) is 0. The number of hydrogen-bond acceptors (Lipinski definition) is 7. The first kappa shape index (κ1) is 16.3. The van der Waals surface area contributed by atoms with Gasteiger partial charge in [-0.25, -0.2) is 5.43 Å². The zero-order valence-electron chi connectivity index (χ0n) is 11.2. The molecule has 11 heteroatoms. The second-order valence-electron chi connectivity index (χ2n) is 4.14. The Morgan fingerprint density at radius 3 is 2.70 bits per heavy atom. The molecule has 2 N–H and O–H groups in total. The van der Waals surface area contributed by atoms with Crippen LogP contribution in [-0.2, 0) is 10.1 Å². The molecule has 0 atom stereocenters. The van der Waals surface area contributed by atoms with Crippen molar-refractivity contribution < 1.29 is 27.1 Å². The van der Waals surface area contributed by atoms with E-state index in [1.807, 2.05) is 0 Å². The van der Waals surface area contributed by atoms with Gasteiger partial charge in [0.2, 0.25) is 5.09 Å². The highest BCUT2D eigenvalue weighted by Gasteiger charge is 2.14. The Balaban J connectivity index is 2.05. The van der Waals surface area contributed by atoms with Crippen molar-refractivity contribution in [3.63, 3.8) is 0 Å². The lowest BCUT2D eigenvalue weighted by Gasteiger charge is -1.99. The highest BCUT2D eigenvalue weighted by Crippen LogP contribution is 2.13. The zero-order chi connectivity index (χ0) is 17.0. The van der Waals surface area contributed by atoms with Crippen LogP contribution in [0.25, 0.3) is 0 Å². The van der Waals surface area contributed by atoms with Gasteiger partial charge in [0.15, 0.2) is 0 Å². The molecule has 0 radical (unpaired) electrons. The number of nitrogens with zero attached hydrogens (tertiary/aromatic N) is 2. The first-order valence-corrected chi connectivity index (χ1v) is 7.36. The summed E-state index contributed by atoms with van der Waals surface area (Å²) in [5, 5.41) is 13.5. The highest BCUT2D eigenvalue weighted by atomic mass is 32.2. The van der Waals surface area contributed by atoms with Crippen molar-refractivity contribution in [1.29, 1.82) is 0 Å². The molecule has 0 saturated carbocycles. The molecule has 0 aliphatic heterocycles. The Morgan fingerprint density at radius 1 is 1.35 bits per heavy atom. The van der Waals surface area contributed by atoms with Crippen LogP contribution >= 0.6 is 0 Å². The molecular weight excluding hydrogens is 330 g/mol. The van der Waals surface area contributed by atoms with E-state index >= 15 is 0 Å². The van der Waals surface area contributed by atoms with Gasteiger partial charge in [-0.3, -0.25) is 19.5 Å². The molecule has 0 aliphatic rings. The van der Waals surface area contributed by atoms with Crippen molar-refractivity contribution in [3.8, 4) is 0 Å². The number of hydrogen-bond donors (Lipinski definition) is 2. The average Bonchev–Trinajstić information content (AvgIpc) is 2.96. The van der Waals surface area contributed by atoms with Crippen LogP contribution in [0.4, 0.5) is 5.69 Å². The fourth-order valence-corrected chi connectivity index (χ4v) is 1.96. The summed E-state index contributed by atoms with van der Waals surface area (Å²) in [5.74, 6) is -0.733. The summed E-state index contributed by atoms with van der Waals surface area (Å²) in [4.78, 5) is 21.7. The number of non-ortho nitro benzene ring substituents is 1. The molecule has 0 unspecified atom stereocenters. The van der Waals surface area contributed by atoms with Crippen LogP contribution in [0.1, 0.15) is 16.1 Å². The molecule has 0 spiro atoms. The SMILES string of the molecule is O=C(N/N=C/c1ccc(S(=O)(=O)O)o1)c1cccc([N+](=O)[O-])c1. The van der Waals surface area contributed by atoms with Crippen molar-refractivity contribution >= 4 is 27.9 Å². The first-order valence-electron chi connectivity index (χ1n) is 5.92. The van der Waals surface area contributed by atoms with Crippen LogP contribution in [0.2, 0.25) is 0 Å². The van der Waals surface area contributed by atoms with Gasteiger partial charge in [-0.2, -0.15) is 13.5 Å². The third-order valence-corrected chi connectivity index (χ3v) is 3.26. The van der Waals surface area contributed by atoms with Gasteiger partial charge in [-0.15, -0.1) is 0 Å². The Hall–Kier alpha value is -3.05. The fourth-order valence-electron chi connectivity index (χ4n) is 1.52. The molecule has 0 aliphatic carbocycles. The molecule has 1 heterocycles. The van der Waals surface area contributed by atoms with Crippen LogP contribution in [0.3, 0.4) is 0 Å². The minimum Gasteiger partial charge on any atom is -0.441 e. The number of rotatable bonds is 5. The third kappa shape index (κ3) is 4.21. The monoisotopic (exact) mass is 339 g/mol. The molecule has 0 fully saturated rings. The van der Waals surface area contributed by atoms with Crippen LogP contribution in [0.15, 0.2) is 51.0 Å². The van der Waals surface area contributed by atoms with Crippen LogP contribution in [0.5, 0.6) is 0 Å². The molecule has 2 rings (SSSR count). The maximum absolute atomic E-state index is 11.8. The number of benzene rings is 1. The Kier molecular flexibility index (Phi) is 4.52. The number of carbonyl (C=O) groups excluding carboxylic acids is 1. The smallest absolute Gasteiger partial charge is 0.328 e. The molecule has 120 valence electrons. The third-order valence-electron chi connectivity index (χ3n) is 2.53. The number of nitrogens with one attached hydrogen (secondary N) is 1. The van der Waals surface area contributed by atoms with E-state index in [-0.39, 0.29) is 17.0 Å². The normalized spacial score (nSPS) is 11.5. The van der Waals surface area contributed by atoms with Gasteiger partial charge < -0.3 is 4.42 Å². The standard InChI is InChI=1S/C12H9N3O7S/c16-12(8-2-1-3-9(6-8)15(17)18)14-13-7-10-4-5-11(22-10)23(19,20)21/h1-7H,(H,14,16)(H,19,20,21)/b13-7+. The number of hydrazone groups is 1. The summed E-state index contributed by atoms with van der Waals surface area (Å²) in [6, 6.07) is 7.25. The van der Waals surface area contributed by atoms with E-state index < -0.39 is 26.0 Å². The van der Waals surface area contributed by atoms with Crippen molar-refractivity contribution in [3.05, 3.63) is 57.8 Å². The second-order valence-corrected chi connectivity index (χ2v) is 5.49. The Bertz CT molecular complexity index is 886. The van der Waals surface area contributed by atoms with Crippen LogP contribution in [0, 0.1) is 10.1 Å². The topological polar surface area (TPSA) is 152 Å². The summed E-state index contributed by atoms with van der Waals surface area (Å²) >= 11 is 0. The van der Waals surface area contributed by atoms with Crippen LogP contribution in [-0.4, -0.2) is 30.0 Å². The number of furan rings is 1. The molecule has 2 aromatic rings. The van der Waals surface area contributed by atoms with Crippen molar-refractivity contribution in [2.75, 3.05) is 0 Å². The number of carbonyl (C=O) groups is 1. The minimum absolute atomic E-state index is 0.0226. The van der Waals surface area contributed by atoms with E-state index in [0.717, 1.165) is 18.3 Å². The van der Waals surface area contributed by atoms with E-state index in [2.05, 4.69) is 10.5 Å². The van der Waals surface area contributed by atoms with E-state index in [1.165, 1.54) is 24.3 Å². The Morgan fingerprint density at radius 2 is 2.09 bits per heavy atom. The van der Waals surface area contributed by atoms with Crippen LogP contribution < -0.4 is 5.43 Å².